The van der Waals surface area contributed by atoms with E-state index < -0.39 is 5.91 Å². The molecule has 2 aromatic carbocycles. The average Bonchev–Trinajstić information content (AvgIpc) is 3.24. The Balaban J connectivity index is 1.66. The predicted octanol–water partition coefficient (Wildman–Crippen LogP) is 2.95. The third-order valence-corrected chi connectivity index (χ3v) is 5.49. The summed E-state index contributed by atoms with van der Waals surface area (Å²) in [6, 6.07) is 13.4. The van der Waals surface area contributed by atoms with Gasteiger partial charge in [0.05, 0.1) is 17.1 Å². The molecule has 0 bridgehead atoms. The maximum absolute atomic E-state index is 11.8. The molecule has 1 aromatic heterocycles. The van der Waals surface area contributed by atoms with Gasteiger partial charge in [0.25, 0.3) is 5.91 Å². The molecule has 0 aliphatic carbocycles. The molecule has 1 unspecified atom stereocenters. The summed E-state index contributed by atoms with van der Waals surface area (Å²) < 4.78 is 0. The fraction of sp³-hybridized carbons (Fsp3) is 0.318. The highest BCUT2D eigenvalue weighted by Crippen LogP contribution is 2.29. The van der Waals surface area contributed by atoms with Crippen molar-refractivity contribution in [2.45, 2.75) is 25.3 Å². The Morgan fingerprint density at radius 3 is 2.69 bits per heavy atom. The van der Waals surface area contributed by atoms with E-state index in [1.54, 1.807) is 12.1 Å². The van der Waals surface area contributed by atoms with Crippen molar-refractivity contribution in [3.05, 3.63) is 59.9 Å². The number of fused-ring (bicyclic) bond motifs is 1. The molecule has 1 amide bonds. The molecule has 29 heavy (non-hydrogen) atoms. The lowest BCUT2D eigenvalue weighted by Crippen LogP contribution is -2.24. The second-order valence-electron chi connectivity index (χ2n) is 7.49. The van der Waals surface area contributed by atoms with Crippen LogP contribution in [0.1, 0.15) is 41.2 Å². The zero-order valence-corrected chi connectivity index (χ0v) is 16.3. The minimum atomic E-state index is -0.498. The lowest BCUT2D eigenvalue weighted by Gasteiger charge is -2.24. The fourth-order valence-corrected chi connectivity index (χ4v) is 3.98. The standard InChI is InChI=1S/C22H26N6O/c23-16-6-3-5-15(13-16)19(9-12-28-10-1-2-11-28)27-22-18-8-4-7-17(21(24)29)20(18)25-14-26-22/h3-8,13-14,19H,1-2,9-12,23H2,(H2,24,29)(H,25,26,27). The van der Waals surface area contributed by atoms with Crippen LogP contribution in [0.5, 0.6) is 0 Å². The first kappa shape index (κ1) is 19.1. The minimum absolute atomic E-state index is 0.0365. The zero-order chi connectivity index (χ0) is 20.2. The molecule has 0 radical (unpaired) electrons. The number of amides is 1. The lowest BCUT2D eigenvalue weighted by atomic mass is 10.0. The summed E-state index contributed by atoms with van der Waals surface area (Å²) >= 11 is 0. The maximum atomic E-state index is 11.8. The topological polar surface area (TPSA) is 110 Å². The monoisotopic (exact) mass is 390 g/mol. The Labute approximate surface area is 170 Å². The Morgan fingerprint density at radius 2 is 1.93 bits per heavy atom. The summed E-state index contributed by atoms with van der Waals surface area (Å²) in [5.74, 6) is 0.189. The van der Waals surface area contributed by atoms with E-state index in [1.807, 2.05) is 24.3 Å². The first-order valence-corrected chi connectivity index (χ1v) is 9.99. The highest BCUT2D eigenvalue weighted by atomic mass is 16.1. The van der Waals surface area contributed by atoms with Gasteiger partial charge in [-0.25, -0.2) is 9.97 Å². The molecule has 7 nitrogen and oxygen atoms in total. The van der Waals surface area contributed by atoms with E-state index in [2.05, 4.69) is 26.3 Å². The highest BCUT2D eigenvalue weighted by Gasteiger charge is 2.19. The van der Waals surface area contributed by atoms with Crippen LogP contribution in [0.25, 0.3) is 10.9 Å². The number of aromatic nitrogens is 2. The number of hydrogen-bond donors (Lipinski definition) is 3. The van der Waals surface area contributed by atoms with Gasteiger partial charge >= 0.3 is 0 Å². The molecule has 1 aliphatic rings. The minimum Gasteiger partial charge on any atom is -0.399 e. The van der Waals surface area contributed by atoms with E-state index in [0.29, 0.717) is 16.9 Å². The van der Waals surface area contributed by atoms with Crippen LogP contribution in [0.2, 0.25) is 0 Å². The number of para-hydroxylation sites is 1. The van der Waals surface area contributed by atoms with Gasteiger partial charge in [0.1, 0.15) is 12.1 Å². The lowest BCUT2D eigenvalue weighted by molar-refractivity contribution is 0.100. The molecule has 5 N–H and O–H groups in total. The number of benzene rings is 2. The fourth-order valence-electron chi connectivity index (χ4n) is 3.98. The Kier molecular flexibility index (Phi) is 5.57. The van der Waals surface area contributed by atoms with Gasteiger partial charge in [0.15, 0.2) is 0 Å². The molecule has 0 spiro atoms. The van der Waals surface area contributed by atoms with Crippen molar-refractivity contribution in [1.82, 2.24) is 14.9 Å². The van der Waals surface area contributed by atoms with Gasteiger partial charge in [-0.05, 0) is 62.2 Å². The van der Waals surface area contributed by atoms with Crippen molar-refractivity contribution in [2.75, 3.05) is 30.7 Å². The van der Waals surface area contributed by atoms with Crippen molar-refractivity contribution < 1.29 is 4.79 Å². The number of nitrogens with zero attached hydrogens (tertiary/aromatic N) is 3. The van der Waals surface area contributed by atoms with E-state index in [9.17, 15) is 4.79 Å². The quantitative estimate of drug-likeness (QED) is 0.535. The molecule has 0 saturated carbocycles. The van der Waals surface area contributed by atoms with Crippen molar-refractivity contribution in [3.8, 4) is 0 Å². The Morgan fingerprint density at radius 1 is 1.14 bits per heavy atom. The van der Waals surface area contributed by atoms with Crippen molar-refractivity contribution >= 4 is 28.3 Å². The number of nitrogen functional groups attached to an aromatic ring is 1. The molecular weight excluding hydrogens is 364 g/mol. The smallest absolute Gasteiger partial charge is 0.250 e. The van der Waals surface area contributed by atoms with Gasteiger partial charge in [-0.2, -0.15) is 0 Å². The maximum Gasteiger partial charge on any atom is 0.250 e. The molecule has 1 fully saturated rings. The van der Waals surface area contributed by atoms with Crippen molar-refractivity contribution in [3.63, 3.8) is 0 Å². The number of hydrogen-bond acceptors (Lipinski definition) is 6. The van der Waals surface area contributed by atoms with Crippen LogP contribution < -0.4 is 16.8 Å². The number of primary amides is 1. The van der Waals surface area contributed by atoms with Gasteiger partial charge in [-0.1, -0.05) is 18.2 Å². The molecule has 7 heteroatoms. The van der Waals surface area contributed by atoms with Gasteiger partial charge in [0, 0.05) is 17.6 Å². The molecule has 1 aliphatic heterocycles. The Hall–Kier alpha value is -3.19. The van der Waals surface area contributed by atoms with Crippen LogP contribution >= 0.6 is 0 Å². The molecule has 1 saturated heterocycles. The summed E-state index contributed by atoms with van der Waals surface area (Å²) in [5, 5.41) is 4.35. The van der Waals surface area contributed by atoms with Gasteiger partial charge < -0.3 is 21.7 Å². The van der Waals surface area contributed by atoms with Crippen LogP contribution in [0.15, 0.2) is 48.8 Å². The molecule has 1 atom stereocenters. The molecule has 3 aromatic rings. The third kappa shape index (κ3) is 4.30. The first-order chi connectivity index (χ1) is 14.1. The molecular formula is C22H26N6O. The SMILES string of the molecule is NC(=O)c1cccc2c(NC(CCN3CCCC3)c3cccc(N)c3)ncnc12. The van der Waals surface area contributed by atoms with Gasteiger partial charge in [-0.3, -0.25) is 4.79 Å². The van der Waals surface area contributed by atoms with Gasteiger partial charge in [0.2, 0.25) is 0 Å². The number of carbonyl (C=O) groups excluding carboxylic acids is 1. The normalized spacial score (nSPS) is 15.4. The number of likely N-dealkylation sites (tertiary alicyclic amines) is 1. The highest BCUT2D eigenvalue weighted by molar-refractivity contribution is 6.06. The predicted molar refractivity (Wildman–Crippen MR) is 116 cm³/mol. The second-order valence-corrected chi connectivity index (χ2v) is 7.49. The Bertz CT molecular complexity index is 1020. The van der Waals surface area contributed by atoms with Crippen molar-refractivity contribution in [1.29, 1.82) is 0 Å². The van der Waals surface area contributed by atoms with Crippen LogP contribution in [0, 0.1) is 0 Å². The average molecular weight is 390 g/mol. The van der Waals surface area contributed by atoms with E-state index in [0.717, 1.165) is 42.7 Å². The number of anilines is 2. The van der Waals surface area contributed by atoms with Crippen molar-refractivity contribution in [2.24, 2.45) is 5.73 Å². The van der Waals surface area contributed by atoms with Gasteiger partial charge in [-0.15, -0.1) is 0 Å². The van der Waals surface area contributed by atoms with E-state index in [4.69, 9.17) is 11.5 Å². The number of rotatable bonds is 7. The summed E-state index contributed by atoms with van der Waals surface area (Å²) in [4.78, 5) is 23.0. The molecule has 4 rings (SSSR count). The first-order valence-electron chi connectivity index (χ1n) is 9.99. The third-order valence-electron chi connectivity index (χ3n) is 5.49. The largest absolute Gasteiger partial charge is 0.399 e. The number of nitrogens with one attached hydrogen (secondary N) is 1. The number of nitrogens with two attached hydrogens (primary N) is 2. The second kappa shape index (κ2) is 8.45. The van der Waals surface area contributed by atoms with E-state index in [1.165, 1.54) is 19.2 Å². The van der Waals surface area contributed by atoms with E-state index in [-0.39, 0.29) is 6.04 Å². The summed E-state index contributed by atoms with van der Waals surface area (Å²) in [5.41, 5.74) is 14.4. The number of carbonyl (C=O) groups is 1. The molecule has 150 valence electrons. The van der Waals surface area contributed by atoms with E-state index >= 15 is 0 Å². The van der Waals surface area contributed by atoms with Crippen LogP contribution in [0.3, 0.4) is 0 Å². The zero-order valence-electron chi connectivity index (χ0n) is 16.3. The van der Waals surface area contributed by atoms with Crippen LogP contribution in [0.4, 0.5) is 11.5 Å². The summed E-state index contributed by atoms with van der Waals surface area (Å²) in [6.07, 6.45) is 4.92. The van der Waals surface area contributed by atoms with Crippen LogP contribution in [-0.4, -0.2) is 40.4 Å². The molecule has 2 heterocycles. The summed E-state index contributed by atoms with van der Waals surface area (Å²) in [7, 11) is 0. The summed E-state index contributed by atoms with van der Waals surface area (Å²) in [6.45, 7) is 3.31. The van der Waals surface area contributed by atoms with Crippen LogP contribution in [-0.2, 0) is 0 Å².